The molecule has 1 aliphatic rings. The second-order valence-electron chi connectivity index (χ2n) is 4.15. The number of aliphatic hydroxyl groups is 6. The van der Waals surface area contributed by atoms with Gasteiger partial charge >= 0.3 is 0 Å². The summed E-state index contributed by atoms with van der Waals surface area (Å²) in [4.78, 5) is 0. The van der Waals surface area contributed by atoms with E-state index in [1.165, 1.54) is 0 Å². The third kappa shape index (κ3) is 2.47. The van der Waals surface area contributed by atoms with Gasteiger partial charge in [0.25, 0.3) is 0 Å². The first-order chi connectivity index (χ1) is 6.92. The van der Waals surface area contributed by atoms with Crippen LogP contribution in [0.2, 0.25) is 0 Å². The fourth-order valence-corrected chi connectivity index (χ4v) is 1.84. The maximum atomic E-state index is 9.78. The van der Waals surface area contributed by atoms with Crippen LogP contribution in [0.15, 0.2) is 0 Å². The Hall–Kier alpha value is -0.240. The van der Waals surface area contributed by atoms with E-state index in [2.05, 4.69) is 0 Å². The van der Waals surface area contributed by atoms with Gasteiger partial charge in [-0.15, -0.1) is 0 Å². The number of hydrogen-bond acceptors (Lipinski definition) is 6. The summed E-state index contributed by atoms with van der Waals surface area (Å²) in [7, 11) is 0. The predicted molar refractivity (Wildman–Crippen MR) is 49.9 cm³/mol. The third-order valence-electron chi connectivity index (χ3n) is 3.00. The van der Waals surface area contributed by atoms with E-state index >= 15 is 0 Å². The Balaban J connectivity index is 2.83. The molecule has 5 atom stereocenters. The number of aliphatic hydroxyl groups excluding tert-OH is 5. The van der Waals surface area contributed by atoms with Crippen LogP contribution in [-0.4, -0.2) is 67.3 Å². The molecule has 15 heavy (non-hydrogen) atoms. The van der Waals surface area contributed by atoms with Crippen molar-refractivity contribution in [1.29, 1.82) is 0 Å². The van der Waals surface area contributed by atoms with Gasteiger partial charge in [0, 0.05) is 0 Å². The third-order valence-corrected chi connectivity index (χ3v) is 3.00. The smallest absolute Gasteiger partial charge is 0.116 e. The van der Waals surface area contributed by atoms with E-state index in [4.69, 9.17) is 5.11 Å². The molecule has 6 heteroatoms. The van der Waals surface area contributed by atoms with Crippen LogP contribution in [0.3, 0.4) is 0 Å². The van der Waals surface area contributed by atoms with Gasteiger partial charge in [-0.25, -0.2) is 0 Å². The van der Waals surface area contributed by atoms with Gasteiger partial charge in [0.05, 0.1) is 12.7 Å². The van der Waals surface area contributed by atoms with E-state index in [9.17, 15) is 25.5 Å². The zero-order valence-electron chi connectivity index (χ0n) is 8.32. The molecular formula is C9H18O6. The van der Waals surface area contributed by atoms with Crippen LogP contribution in [0, 0.1) is 0 Å². The van der Waals surface area contributed by atoms with Gasteiger partial charge in [0.2, 0.25) is 0 Å². The van der Waals surface area contributed by atoms with E-state index in [0.29, 0.717) is 6.42 Å². The monoisotopic (exact) mass is 222 g/mol. The standard InChI is InChI=1S/C9H18O6/c10-4-9(15)3-1-2-5(11)6(12)7(13)8(9)14/h5-8,10-15H,1-4H2/t5-,6-,7-,8+,9+/m1/s1. The minimum absolute atomic E-state index is 0.0610. The Morgan fingerprint density at radius 2 is 1.67 bits per heavy atom. The molecule has 0 heterocycles. The normalized spacial score (nSPS) is 48.4. The molecule has 0 aromatic carbocycles. The molecule has 0 aliphatic heterocycles. The lowest BCUT2D eigenvalue weighted by molar-refractivity contribution is -0.193. The lowest BCUT2D eigenvalue weighted by Gasteiger charge is -2.39. The second kappa shape index (κ2) is 4.73. The highest BCUT2D eigenvalue weighted by atomic mass is 16.4. The van der Waals surface area contributed by atoms with Crippen molar-refractivity contribution in [2.45, 2.75) is 49.3 Å². The highest BCUT2D eigenvalue weighted by Crippen LogP contribution is 2.27. The maximum absolute atomic E-state index is 9.78. The average Bonchev–Trinajstić information content (AvgIpc) is 2.24. The van der Waals surface area contributed by atoms with Crippen molar-refractivity contribution >= 4 is 0 Å². The van der Waals surface area contributed by atoms with Crippen molar-refractivity contribution < 1.29 is 30.6 Å². The van der Waals surface area contributed by atoms with Crippen molar-refractivity contribution in [3.05, 3.63) is 0 Å². The van der Waals surface area contributed by atoms with Crippen LogP contribution in [-0.2, 0) is 0 Å². The van der Waals surface area contributed by atoms with Gasteiger partial charge in [0.1, 0.15) is 23.9 Å². The molecular weight excluding hydrogens is 204 g/mol. The van der Waals surface area contributed by atoms with Gasteiger partial charge in [-0.3, -0.25) is 0 Å². The second-order valence-corrected chi connectivity index (χ2v) is 4.15. The van der Waals surface area contributed by atoms with E-state index in [1.807, 2.05) is 0 Å². The Morgan fingerprint density at radius 3 is 2.20 bits per heavy atom. The molecule has 0 saturated heterocycles. The summed E-state index contributed by atoms with van der Waals surface area (Å²) in [5, 5.41) is 56.5. The van der Waals surface area contributed by atoms with Gasteiger partial charge in [-0.05, 0) is 19.3 Å². The lowest BCUT2D eigenvalue weighted by Crippen LogP contribution is -2.58. The van der Waals surface area contributed by atoms with Gasteiger partial charge in [0.15, 0.2) is 0 Å². The summed E-state index contributed by atoms with van der Waals surface area (Å²) in [6.07, 6.45) is -5.38. The first-order valence-electron chi connectivity index (χ1n) is 4.98. The largest absolute Gasteiger partial charge is 0.393 e. The first-order valence-corrected chi connectivity index (χ1v) is 4.98. The van der Waals surface area contributed by atoms with Crippen molar-refractivity contribution in [3.63, 3.8) is 0 Å². The average molecular weight is 222 g/mol. The molecule has 0 unspecified atom stereocenters. The zero-order chi connectivity index (χ0) is 11.6. The summed E-state index contributed by atoms with van der Waals surface area (Å²) in [5.41, 5.74) is -1.82. The van der Waals surface area contributed by atoms with Crippen LogP contribution < -0.4 is 0 Å². The van der Waals surface area contributed by atoms with Crippen molar-refractivity contribution in [1.82, 2.24) is 0 Å². The van der Waals surface area contributed by atoms with Crippen molar-refractivity contribution in [2.75, 3.05) is 6.61 Å². The van der Waals surface area contributed by atoms with Crippen molar-refractivity contribution in [2.24, 2.45) is 0 Å². The van der Waals surface area contributed by atoms with Crippen LogP contribution in [0.5, 0.6) is 0 Å². The summed E-state index contributed by atoms with van der Waals surface area (Å²) >= 11 is 0. The van der Waals surface area contributed by atoms with Crippen LogP contribution in [0.25, 0.3) is 0 Å². The molecule has 90 valence electrons. The molecule has 0 aromatic heterocycles. The Labute approximate surface area is 87.4 Å². The molecule has 0 spiro atoms. The fourth-order valence-electron chi connectivity index (χ4n) is 1.84. The van der Waals surface area contributed by atoms with Gasteiger partial charge < -0.3 is 30.6 Å². The maximum Gasteiger partial charge on any atom is 0.116 e. The highest BCUT2D eigenvalue weighted by Gasteiger charge is 2.45. The number of rotatable bonds is 1. The molecule has 0 aromatic rings. The van der Waals surface area contributed by atoms with Crippen LogP contribution in [0.4, 0.5) is 0 Å². The number of hydrogen-bond donors (Lipinski definition) is 6. The molecule has 1 rings (SSSR count). The van der Waals surface area contributed by atoms with E-state index in [-0.39, 0.29) is 12.8 Å². The van der Waals surface area contributed by atoms with Crippen molar-refractivity contribution in [3.8, 4) is 0 Å². The molecule has 6 N–H and O–H groups in total. The Morgan fingerprint density at radius 1 is 1.07 bits per heavy atom. The molecule has 1 aliphatic carbocycles. The van der Waals surface area contributed by atoms with Gasteiger partial charge in [-0.1, -0.05) is 0 Å². The quantitative estimate of drug-likeness (QED) is 0.288. The van der Waals surface area contributed by atoms with E-state index in [1.54, 1.807) is 0 Å². The Kier molecular flexibility index (Phi) is 4.05. The molecule has 1 saturated carbocycles. The van der Waals surface area contributed by atoms with Crippen LogP contribution in [0.1, 0.15) is 19.3 Å². The fraction of sp³-hybridized carbons (Fsp3) is 1.00. The highest BCUT2D eigenvalue weighted by molar-refractivity contribution is 4.96. The summed E-state index contributed by atoms with van der Waals surface area (Å²) < 4.78 is 0. The van der Waals surface area contributed by atoms with E-state index < -0.39 is 36.6 Å². The summed E-state index contributed by atoms with van der Waals surface area (Å²) in [6.45, 7) is -0.700. The zero-order valence-corrected chi connectivity index (χ0v) is 8.32. The minimum atomic E-state index is -1.82. The molecule has 1 fully saturated rings. The van der Waals surface area contributed by atoms with E-state index in [0.717, 1.165) is 0 Å². The molecule has 0 radical (unpaired) electrons. The topological polar surface area (TPSA) is 121 Å². The van der Waals surface area contributed by atoms with Crippen LogP contribution >= 0.6 is 0 Å². The SMILES string of the molecule is OC[C@@]1(O)CCC[C@@H](O)[C@@H](O)[C@@H](O)[C@@H]1O. The minimum Gasteiger partial charge on any atom is -0.393 e. The predicted octanol–water partition coefficient (Wildman–Crippen LogP) is -2.66. The molecule has 6 nitrogen and oxygen atoms in total. The molecule has 0 amide bonds. The summed E-state index contributed by atoms with van der Waals surface area (Å²) in [6, 6.07) is 0. The molecule has 0 bridgehead atoms. The van der Waals surface area contributed by atoms with Gasteiger partial charge in [-0.2, -0.15) is 0 Å². The summed E-state index contributed by atoms with van der Waals surface area (Å²) in [5.74, 6) is 0. The lowest BCUT2D eigenvalue weighted by atomic mass is 9.81. The first kappa shape index (κ1) is 12.8. The Bertz CT molecular complexity index is 211.